The summed E-state index contributed by atoms with van der Waals surface area (Å²) in [6.45, 7) is 6.73. The van der Waals surface area contributed by atoms with Crippen molar-refractivity contribution < 1.29 is 9.18 Å². The zero-order chi connectivity index (χ0) is 22.7. The van der Waals surface area contributed by atoms with Crippen molar-refractivity contribution >= 4 is 16.8 Å². The molecule has 1 aromatic heterocycles. The van der Waals surface area contributed by atoms with Crippen LogP contribution in [0.5, 0.6) is 0 Å². The second-order valence-electron chi connectivity index (χ2n) is 8.46. The van der Waals surface area contributed by atoms with Crippen LogP contribution >= 0.6 is 0 Å². The van der Waals surface area contributed by atoms with Gasteiger partial charge in [-0.15, -0.1) is 0 Å². The van der Waals surface area contributed by atoms with Crippen LogP contribution in [-0.4, -0.2) is 10.9 Å². The molecule has 0 saturated carbocycles. The Morgan fingerprint density at radius 3 is 2.53 bits per heavy atom. The van der Waals surface area contributed by atoms with Crippen LogP contribution < -0.4 is 5.32 Å². The molecule has 4 heteroatoms. The summed E-state index contributed by atoms with van der Waals surface area (Å²) in [5.41, 5.74) is 7.98. The van der Waals surface area contributed by atoms with Crippen molar-refractivity contribution in [1.82, 2.24) is 10.3 Å². The molecule has 0 saturated heterocycles. The maximum atomic E-state index is 13.2. The number of aromatic amines is 1. The van der Waals surface area contributed by atoms with E-state index in [1.165, 1.54) is 34.2 Å². The molecule has 0 spiro atoms. The second-order valence-corrected chi connectivity index (χ2v) is 8.46. The first-order chi connectivity index (χ1) is 15.5. The van der Waals surface area contributed by atoms with Gasteiger partial charge in [-0.1, -0.05) is 61.0 Å². The van der Waals surface area contributed by atoms with Gasteiger partial charge in [0.1, 0.15) is 5.82 Å². The minimum Gasteiger partial charge on any atom is -0.361 e. The van der Waals surface area contributed by atoms with Crippen LogP contribution in [0.2, 0.25) is 0 Å². The van der Waals surface area contributed by atoms with E-state index in [9.17, 15) is 9.18 Å². The third kappa shape index (κ3) is 4.59. The molecule has 0 aliphatic rings. The molecule has 0 bridgehead atoms. The summed E-state index contributed by atoms with van der Waals surface area (Å²) in [6.07, 6.45) is 3.35. The smallest absolute Gasteiger partial charge is 0.221 e. The highest BCUT2D eigenvalue weighted by molar-refractivity contribution is 5.88. The number of hydrogen-bond acceptors (Lipinski definition) is 1. The van der Waals surface area contributed by atoms with Crippen molar-refractivity contribution in [3.63, 3.8) is 0 Å². The Balaban J connectivity index is 1.66. The maximum absolute atomic E-state index is 13.2. The number of nitrogens with one attached hydrogen (secondary N) is 2. The van der Waals surface area contributed by atoms with E-state index in [1.54, 1.807) is 12.1 Å². The number of halogens is 1. The van der Waals surface area contributed by atoms with Gasteiger partial charge in [-0.2, -0.15) is 0 Å². The number of para-hydroxylation sites is 1. The quantitative estimate of drug-likeness (QED) is 0.355. The lowest BCUT2D eigenvalue weighted by molar-refractivity contribution is -0.121. The molecule has 0 fully saturated rings. The first-order valence-electron chi connectivity index (χ1n) is 11.1. The van der Waals surface area contributed by atoms with E-state index in [-0.39, 0.29) is 17.6 Å². The summed E-state index contributed by atoms with van der Waals surface area (Å²) < 4.78 is 13.2. The molecule has 1 unspecified atom stereocenters. The number of carbonyl (C=O) groups is 1. The zero-order valence-electron chi connectivity index (χ0n) is 18.8. The van der Waals surface area contributed by atoms with Crippen molar-refractivity contribution in [2.24, 2.45) is 0 Å². The third-order valence-electron chi connectivity index (χ3n) is 6.18. The van der Waals surface area contributed by atoms with Crippen molar-refractivity contribution in [3.05, 3.63) is 106 Å². The minimum absolute atomic E-state index is 0.0275. The van der Waals surface area contributed by atoms with E-state index < -0.39 is 0 Å². The SMILES string of the molecule is CCc1cccc2c(C(CC(=O)NCc3ccc(F)cc3)c3ccc(C)cc3C)c[nH]c12. The van der Waals surface area contributed by atoms with Crippen molar-refractivity contribution in [2.75, 3.05) is 0 Å². The number of aryl methyl sites for hydroxylation is 3. The Hall–Kier alpha value is -3.40. The summed E-state index contributed by atoms with van der Waals surface area (Å²) in [4.78, 5) is 16.5. The van der Waals surface area contributed by atoms with Gasteiger partial charge in [-0.05, 0) is 60.2 Å². The van der Waals surface area contributed by atoms with Crippen molar-refractivity contribution in [1.29, 1.82) is 0 Å². The lowest BCUT2D eigenvalue weighted by atomic mass is 9.84. The first-order valence-corrected chi connectivity index (χ1v) is 11.1. The molecule has 0 aliphatic carbocycles. The zero-order valence-corrected chi connectivity index (χ0v) is 18.8. The fourth-order valence-corrected chi connectivity index (χ4v) is 4.49. The van der Waals surface area contributed by atoms with Crippen molar-refractivity contribution in [3.8, 4) is 0 Å². The molecular formula is C28H29FN2O. The van der Waals surface area contributed by atoms with Gasteiger partial charge in [-0.25, -0.2) is 4.39 Å². The number of rotatable bonds is 7. The summed E-state index contributed by atoms with van der Waals surface area (Å²) >= 11 is 0. The van der Waals surface area contributed by atoms with Gasteiger partial charge in [0.25, 0.3) is 0 Å². The van der Waals surface area contributed by atoms with Crippen LogP contribution in [0.4, 0.5) is 4.39 Å². The summed E-state index contributed by atoms with van der Waals surface area (Å²) in [7, 11) is 0. The molecule has 2 N–H and O–H groups in total. The van der Waals surface area contributed by atoms with Gasteiger partial charge in [0.2, 0.25) is 5.91 Å². The molecule has 0 radical (unpaired) electrons. The maximum Gasteiger partial charge on any atom is 0.221 e. The molecule has 164 valence electrons. The monoisotopic (exact) mass is 428 g/mol. The predicted molar refractivity (Wildman–Crippen MR) is 128 cm³/mol. The third-order valence-corrected chi connectivity index (χ3v) is 6.18. The summed E-state index contributed by atoms with van der Waals surface area (Å²) in [6, 6.07) is 19.0. The van der Waals surface area contributed by atoms with E-state index in [4.69, 9.17) is 0 Å². The lowest BCUT2D eigenvalue weighted by Gasteiger charge is -2.20. The van der Waals surface area contributed by atoms with Crippen LogP contribution in [-0.2, 0) is 17.8 Å². The molecule has 0 aliphatic heterocycles. The fraction of sp³-hybridized carbons (Fsp3) is 0.250. The molecule has 4 rings (SSSR count). The molecule has 3 nitrogen and oxygen atoms in total. The van der Waals surface area contributed by atoms with E-state index in [1.807, 2.05) is 0 Å². The topological polar surface area (TPSA) is 44.9 Å². The summed E-state index contributed by atoms with van der Waals surface area (Å²) in [5, 5.41) is 4.18. The lowest BCUT2D eigenvalue weighted by Crippen LogP contribution is -2.25. The highest BCUT2D eigenvalue weighted by atomic mass is 19.1. The molecular weight excluding hydrogens is 399 g/mol. The number of fused-ring (bicyclic) bond motifs is 1. The Bertz CT molecular complexity index is 1240. The normalized spacial score (nSPS) is 12.1. The number of benzene rings is 3. The molecule has 4 aromatic rings. The van der Waals surface area contributed by atoms with Crippen LogP contribution in [0, 0.1) is 19.7 Å². The Morgan fingerprint density at radius 2 is 1.81 bits per heavy atom. The Morgan fingerprint density at radius 1 is 1.03 bits per heavy atom. The minimum atomic E-state index is -0.277. The number of hydrogen-bond donors (Lipinski definition) is 2. The van der Waals surface area contributed by atoms with E-state index in [2.05, 4.69) is 73.7 Å². The van der Waals surface area contributed by atoms with Crippen LogP contribution in [0.1, 0.15) is 52.6 Å². The van der Waals surface area contributed by atoms with Gasteiger partial charge in [-0.3, -0.25) is 4.79 Å². The standard InChI is InChI=1S/C28H29FN2O/c1-4-21-6-5-7-24-26(17-31-28(21)24)25(23-13-8-18(2)14-19(23)3)15-27(32)30-16-20-9-11-22(29)12-10-20/h5-14,17,25,31H,4,15-16H2,1-3H3,(H,30,32). The average Bonchev–Trinajstić information content (AvgIpc) is 3.21. The molecule has 1 heterocycles. The second kappa shape index (κ2) is 9.39. The number of H-pyrrole nitrogens is 1. The average molecular weight is 429 g/mol. The molecule has 3 aromatic carbocycles. The fourth-order valence-electron chi connectivity index (χ4n) is 4.49. The van der Waals surface area contributed by atoms with Crippen LogP contribution in [0.25, 0.3) is 10.9 Å². The van der Waals surface area contributed by atoms with Gasteiger partial charge < -0.3 is 10.3 Å². The van der Waals surface area contributed by atoms with Crippen LogP contribution in [0.3, 0.4) is 0 Å². The number of aromatic nitrogens is 1. The van der Waals surface area contributed by atoms with Crippen LogP contribution in [0.15, 0.2) is 66.9 Å². The number of amides is 1. The first kappa shape index (κ1) is 21.8. The van der Waals surface area contributed by atoms with Gasteiger partial charge in [0, 0.05) is 36.0 Å². The number of carbonyl (C=O) groups excluding carboxylic acids is 1. The van der Waals surface area contributed by atoms with E-state index in [0.717, 1.165) is 28.6 Å². The van der Waals surface area contributed by atoms with Gasteiger partial charge >= 0.3 is 0 Å². The summed E-state index contributed by atoms with van der Waals surface area (Å²) in [5.74, 6) is -0.370. The van der Waals surface area contributed by atoms with Gasteiger partial charge in [0.15, 0.2) is 0 Å². The van der Waals surface area contributed by atoms with E-state index >= 15 is 0 Å². The molecule has 1 atom stereocenters. The molecule has 1 amide bonds. The largest absolute Gasteiger partial charge is 0.361 e. The predicted octanol–water partition coefficient (Wildman–Crippen LogP) is 6.32. The highest BCUT2D eigenvalue weighted by Gasteiger charge is 2.23. The Labute approximate surface area is 188 Å². The van der Waals surface area contributed by atoms with E-state index in [0.29, 0.717) is 13.0 Å². The van der Waals surface area contributed by atoms with Gasteiger partial charge in [0.05, 0.1) is 0 Å². The Kier molecular flexibility index (Phi) is 6.40. The highest BCUT2D eigenvalue weighted by Crippen LogP contribution is 2.36. The molecule has 32 heavy (non-hydrogen) atoms. The van der Waals surface area contributed by atoms with Crippen molar-refractivity contribution in [2.45, 2.75) is 46.1 Å².